The third-order valence-corrected chi connectivity index (χ3v) is 4.01. The van der Waals surface area contributed by atoms with E-state index in [1.807, 2.05) is 0 Å². The van der Waals surface area contributed by atoms with Crippen molar-refractivity contribution in [1.82, 2.24) is 10.2 Å². The number of hydrogen-bond donors (Lipinski definition) is 1. The average molecular weight is 224 g/mol. The van der Waals surface area contributed by atoms with Gasteiger partial charge in [0.15, 0.2) is 0 Å². The third-order valence-electron chi connectivity index (χ3n) is 4.01. The van der Waals surface area contributed by atoms with Gasteiger partial charge in [0.25, 0.3) is 0 Å². The zero-order valence-electron chi connectivity index (χ0n) is 11.0. The first kappa shape index (κ1) is 12.4. The first-order valence-electron chi connectivity index (χ1n) is 7.20. The Hall–Kier alpha value is -0.0800. The van der Waals surface area contributed by atoms with Crippen molar-refractivity contribution in [2.24, 2.45) is 11.8 Å². The third kappa shape index (κ3) is 3.74. The van der Waals surface area contributed by atoms with Gasteiger partial charge in [0.1, 0.15) is 0 Å². The van der Waals surface area contributed by atoms with Crippen LogP contribution < -0.4 is 5.32 Å². The fourth-order valence-corrected chi connectivity index (χ4v) is 3.00. The highest BCUT2D eigenvalue weighted by molar-refractivity contribution is 4.81. The van der Waals surface area contributed by atoms with Gasteiger partial charge in [-0.05, 0) is 44.1 Å². The first-order chi connectivity index (χ1) is 7.74. The maximum Gasteiger partial charge on any atom is 0.0195 e. The molecule has 1 saturated heterocycles. The highest BCUT2D eigenvalue weighted by Crippen LogP contribution is 2.27. The molecule has 1 atom stereocenters. The predicted molar refractivity (Wildman–Crippen MR) is 69.6 cm³/mol. The topological polar surface area (TPSA) is 15.3 Å². The molecular formula is C14H28N2. The van der Waals surface area contributed by atoms with Gasteiger partial charge in [-0.25, -0.2) is 0 Å². The molecule has 1 N–H and O–H groups in total. The Balaban J connectivity index is 1.75. The Morgan fingerprint density at radius 2 is 1.94 bits per heavy atom. The van der Waals surface area contributed by atoms with Gasteiger partial charge in [0.2, 0.25) is 0 Å². The van der Waals surface area contributed by atoms with Crippen molar-refractivity contribution in [1.29, 1.82) is 0 Å². The van der Waals surface area contributed by atoms with E-state index in [9.17, 15) is 0 Å². The quantitative estimate of drug-likeness (QED) is 0.746. The molecule has 94 valence electrons. The second-order valence-corrected chi connectivity index (χ2v) is 6.20. The van der Waals surface area contributed by atoms with E-state index in [2.05, 4.69) is 24.1 Å². The van der Waals surface area contributed by atoms with E-state index in [-0.39, 0.29) is 0 Å². The Bertz CT molecular complexity index is 193. The molecular weight excluding hydrogens is 196 g/mol. The van der Waals surface area contributed by atoms with E-state index in [4.69, 9.17) is 0 Å². The number of hydrogen-bond acceptors (Lipinski definition) is 2. The summed E-state index contributed by atoms with van der Waals surface area (Å²) in [6.07, 6.45) is 7.20. The summed E-state index contributed by atoms with van der Waals surface area (Å²) in [5.74, 6) is 1.82. The lowest BCUT2D eigenvalue weighted by atomic mass is 9.85. The zero-order valence-corrected chi connectivity index (χ0v) is 11.0. The summed E-state index contributed by atoms with van der Waals surface area (Å²) in [7, 11) is 0. The SMILES string of the molecule is CC(C)CN(CC1CCC1)CC1CCCN1. The largest absolute Gasteiger partial charge is 0.313 e. The summed E-state index contributed by atoms with van der Waals surface area (Å²) >= 11 is 0. The molecule has 0 aromatic carbocycles. The predicted octanol–water partition coefficient (Wildman–Crippen LogP) is 2.50. The Morgan fingerprint density at radius 1 is 1.12 bits per heavy atom. The monoisotopic (exact) mass is 224 g/mol. The van der Waals surface area contributed by atoms with Gasteiger partial charge >= 0.3 is 0 Å². The van der Waals surface area contributed by atoms with Crippen molar-refractivity contribution in [3.8, 4) is 0 Å². The minimum atomic E-state index is 0.777. The van der Waals surface area contributed by atoms with Gasteiger partial charge in [0, 0.05) is 25.7 Å². The van der Waals surface area contributed by atoms with Crippen molar-refractivity contribution in [2.45, 2.75) is 52.0 Å². The Morgan fingerprint density at radius 3 is 2.44 bits per heavy atom. The molecule has 1 heterocycles. The maximum atomic E-state index is 3.63. The summed E-state index contributed by atoms with van der Waals surface area (Å²) in [5, 5.41) is 3.63. The molecule has 2 heteroatoms. The van der Waals surface area contributed by atoms with E-state index in [0.717, 1.165) is 17.9 Å². The molecule has 1 aliphatic heterocycles. The molecule has 2 rings (SSSR count). The fraction of sp³-hybridized carbons (Fsp3) is 1.00. The van der Waals surface area contributed by atoms with E-state index < -0.39 is 0 Å². The molecule has 0 aromatic heterocycles. The van der Waals surface area contributed by atoms with Crippen LogP contribution in [0.15, 0.2) is 0 Å². The Kier molecular flexibility index (Phi) is 4.66. The maximum absolute atomic E-state index is 3.63. The molecule has 0 spiro atoms. The van der Waals surface area contributed by atoms with Crippen LogP contribution >= 0.6 is 0 Å². The minimum Gasteiger partial charge on any atom is -0.313 e. The van der Waals surface area contributed by atoms with Crippen LogP contribution in [-0.4, -0.2) is 37.1 Å². The lowest BCUT2D eigenvalue weighted by molar-refractivity contribution is 0.153. The molecule has 1 unspecified atom stereocenters. The van der Waals surface area contributed by atoms with E-state index in [0.29, 0.717) is 0 Å². The molecule has 16 heavy (non-hydrogen) atoms. The molecule has 0 bridgehead atoms. The lowest BCUT2D eigenvalue weighted by Gasteiger charge is -2.34. The number of nitrogens with zero attached hydrogens (tertiary/aromatic N) is 1. The summed E-state index contributed by atoms with van der Waals surface area (Å²) in [4.78, 5) is 2.72. The van der Waals surface area contributed by atoms with Crippen LogP contribution in [0, 0.1) is 11.8 Å². The van der Waals surface area contributed by atoms with Crippen LogP contribution in [0.4, 0.5) is 0 Å². The molecule has 0 radical (unpaired) electrons. The van der Waals surface area contributed by atoms with E-state index in [1.165, 1.54) is 58.3 Å². The van der Waals surface area contributed by atoms with Crippen molar-refractivity contribution in [3.63, 3.8) is 0 Å². The first-order valence-corrected chi connectivity index (χ1v) is 7.20. The van der Waals surface area contributed by atoms with Crippen LogP contribution in [0.3, 0.4) is 0 Å². The van der Waals surface area contributed by atoms with Crippen LogP contribution in [-0.2, 0) is 0 Å². The average Bonchev–Trinajstić information content (AvgIpc) is 2.62. The second kappa shape index (κ2) is 6.02. The van der Waals surface area contributed by atoms with Crippen LogP contribution in [0.1, 0.15) is 46.0 Å². The summed E-state index contributed by atoms with van der Waals surface area (Å²) in [6.45, 7) is 9.86. The summed E-state index contributed by atoms with van der Waals surface area (Å²) in [6, 6.07) is 0.777. The summed E-state index contributed by atoms with van der Waals surface area (Å²) in [5.41, 5.74) is 0. The summed E-state index contributed by atoms with van der Waals surface area (Å²) < 4.78 is 0. The lowest BCUT2D eigenvalue weighted by Crippen LogP contribution is -2.42. The zero-order chi connectivity index (χ0) is 11.4. The van der Waals surface area contributed by atoms with Crippen LogP contribution in [0.2, 0.25) is 0 Å². The van der Waals surface area contributed by atoms with Gasteiger partial charge in [-0.3, -0.25) is 0 Å². The Labute approximate surface area is 101 Å². The molecule has 1 saturated carbocycles. The van der Waals surface area contributed by atoms with Crippen LogP contribution in [0.5, 0.6) is 0 Å². The van der Waals surface area contributed by atoms with E-state index >= 15 is 0 Å². The number of nitrogens with one attached hydrogen (secondary N) is 1. The standard InChI is InChI=1S/C14H28N2/c1-12(2)9-16(10-13-5-3-6-13)11-14-7-4-8-15-14/h12-15H,3-11H2,1-2H3. The van der Waals surface area contributed by atoms with Crippen LogP contribution in [0.25, 0.3) is 0 Å². The molecule has 2 fully saturated rings. The minimum absolute atomic E-state index is 0.777. The second-order valence-electron chi connectivity index (χ2n) is 6.20. The molecule has 2 aliphatic rings. The molecule has 1 aliphatic carbocycles. The van der Waals surface area contributed by atoms with Crippen molar-refractivity contribution in [2.75, 3.05) is 26.2 Å². The van der Waals surface area contributed by atoms with Crippen molar-refractivity contribution < 1.29 is 0 Å². The van der Waals surface area contributed by atoms with Gasteiger partial charge in [-0.2, -0.15) is 0 Å². The fourth-order valence-electron chi connectivity index (χ4n) is 3.00. The number of rotatable bonds is 6. The molecule has 0 amide bonds. The van der Waals surface area contributed by atoms with Gasteiger partial charge in [-0.1, -0.05) is 20.3 Å². The smallest absolute Gasteiger partial charge is 0.0195 e. The van der Waals surface area contributed by atoms with Crippen molar-refractivity contribution >= 4 is 0 Å². The van der Waals surface area contributed by atoms with Crippen molar-refractivity contribution in [3.05, 3.63) is 0 Å². The molecule has 0 aromatic rings. The van der Waals surface area contributed by atoms with Gasteiger partial charge < -0.3 is 10.2 Å². The normalized spacial score (nSPS) is 26.6. The van der Waals surface area contributed by atoms with E-state index in [1.54, 1.807) is 0 Å². The van der Waals surface area contributed by atoms with Gasteiger partial charge in [0.05, 0.1) is 0 Å². The van der Waals surface area contributed by atoms with Gasteiger partial charge in [-0.15, -0.1) is 0 Å². The molecule has 2 nitrogen and oxygen atoms in total. The highest BCUT2D eigenvalue weighted by Gasteiger charge is 2.24. The highest BCUT2D eigenvalue weighted by atomic mass is 15.2.